The fraction of sp³-hybridized carbons (Fsp3) is 0.273. The zero-order valence-corrected chi connectivity index (χ0v) is 16.7. The summed E-state index contributed by atoms with van der Waals surface area (Å²) in [5.74, 6) is 0.820. The van der Waals surface area contributed by atoms with Gasteiger partial charge < -0.3 is 15.2 Å². The Bertz CT molecular complexity index is 910. The van der Waals surface area contributed by atoms with Gasteiger partial charge >= 0.3 is 0 Å². The normalized spacial score (nSPS) is 12.3. The molecule has 0 bridgehead atoms. The quantitative estimate of drug-likeness (QED) is 0.515. The van der Waals surface area contributed by atoms with Crippen LogP contribution < -0.4 is 10.1 Å². The van der Waals surface area contributed by atoms with Crippen LogP contribution in [-0.2, 0) is 13.2 Å². The number of hydrogen-bond donors (Lipinski definition) is 2. The Balaban J connectivity index is 1.86. The third-order valence-electron chi connectivity index (χ3n) is 4.66. The van der Waals surface area contributed by atoms with Crippen molar-refractivity contribution in [3.63, 3.8) is 0 Å². The highest BCUT2D eigenvalue weighted by atomic mass is 35.5. The van der Waals surface area contributed by atoms with E-state index in [0.29, 0.717) is 23.2 Å². The molecule has 0 heterocycles. The maximum Gasteiger partial charge on any atom is 0.124 e. The number of rotatable bonds is 8. The fourth-order valence-electron chi connectivity index (χ4n) is 3.01. The standard InChI is InChI=1S/C22H23Cl2NO2/c1-2-17(13-26)25-12-19-18-6-4-3-5-16(18)8-10-22(19)27-14-15-7-9-20(23)21(24)11-15/h3-11,17,25-26H,2,12-14H2,1H3/t17-/m0/s1. The molecular weight excluding hydrogens is 381 g/mol. The lowest BCUT2D eigenvalue weighted by Crippen LogP contribution is -2.31. The molecule has 27 heavy (non-hydrogen) atoms. The summed E-state index contributed by atoms with van der Waals surface area (Å²) in [6, 6.07) is 17.9. The van der Waals surface area contributed by atoms with E-state index in [1.807, 2.05) is 30.3 Å². The third kappa shape index (κ3) is 4.94. The monoisotopic (exact) mass is 403 g/mol. The van der Waals surface area contributed by atoms with Crippen molar-refractivity contribution < 1.29 is 9.84 Å². The third-order valence-corrected chi connectivity index (χ3v) is 5.40. The summed E-state index contributed by atoms with van der Waals surface area (Å²) in [5, 5.41) is 16.2. The van der Waals surface area contributed by atoms with Crippen LogP contribution in [-0.4, -0.2) is 17.8 Å². The lowest BCUT2D eigenvalue weighted by atomic mass is 10.0. The predicted molar refractivity (Wildman–Crippen MR) is 113 cm³/mol. The molecule has 0 saturated heterocycles. The van der Waals surface area contributed by atoms with Crippen molar-refractivity contribution in [3.8, 4) is 5.75 Å². The second-order valence-corrected chi connectivity index (χ2v) is 7.28. The molecule has 0 fully saturated rings. The fourth-order valence-corrected chi connectivity index (χ4v) is 3.33. The first-order chi connectivity index (χ1) is 13.1. The van der Waals surface area contributed by atoms with Crippen LogP contribution in [0.5, 0.6) is 5.75 Å². The molecule has 0 spiro atoms. The Morgan fingerprint density at radius 2 is 1.85 bits per heavy atom. The van der Waals surface area contributed by atoms with Crippen molar-refractivity contribution in [2.24, 2.45) is 0 Å². The van der Waals surface area contributed by atoms with E-state index >= 15 is 0 Å². The zero-order valence-electron chi connectivity index (χ0n) is 15.2. The number of aliphatic hydroxyl groups is 1. The van der Waals surface area contributed by atoms with Crippen LogP contribution >= 0.6 is 23.2 Å². The molecule has 3 nitrogen and oxygen atoms in total. The highest BCUT2D eigenvalue weighted by molar-refractivity contribution is 6.42. The molecule has 0 aliphatic carbocycles. The van der Waals surface area contributed by atoms with Gasteiger partial charge in [0, 0.05) is 18.2 Å². The number of nitrogens with one attached hydrogen (secondary N) is 1. The van der Waals surface area contributed by atoms with Crippen molar-refractivity contribution >= 4 is 34.0 Å². The van der Waals surface area contributed by atoms with Gasteiger partial charge in [0.25, 0.3) is 0 Å². The number of hydrogen-bond acceptors (Lipinski definition) is 3. The second kappa shape index (κ2) is 9.43. The van der Waals surface area contributed by atoms with Crippen molar-refractivity contribution in [1.29, 1.82) is 0 Å². The minimum Gasteiger partial charge on any atom is -0.489 e. The lowest BCUT2D eigenvalue weighted by molar-refractivity contribution is 0.237. The van der Waals surface area contributed by atoms with E-state index < -0.39 is 0 Å². The molecule has 1 atom stereocenters. The van der Waals surface area contributed by atoms with Crippen LogP contribution in [0.1, 0.15) is 24.5 Å². The van der Waals surface area contributed by atoms with Crippen LogP contribution in [0.3, 0.4) is 0 Å². The molecule has 2 N–H and O–H groups in total. The van der Waals surface area contributed by atoms with Gasteiger partial charge in [-0.25, -0.2) is 0 Å². The predicted octanol–water partition coefficient (Wildman–Crippen LogP) is 5.59. The molecular formula is C22H23Cl2NO2. The number of aliphatic hydroxyl groups excluding tert-OH is 1. The van der Waals surface area contributed by atoms with Gasteiger partial charge in [0.1, 0.15) is 12.4 Å². The summed E-state index contributed by atoms with van der Waals surface area (Å²) in [5.41, 5.74) is 2.04. The molecule has 3 aromatic rings. The molecule has 3 rings (SSSR count). The van der Waals surface area contributed by atoms with E-state index in [1.165, 1.54) is 0 Å². The van der Waals surface area contributed by atoms with Crippen LogP contribution in [0.2, 0.25) is 10.0 Å². The lowest BCUT2D eigenvalue weighted by Gasteiger charge is -2.18. The van der Waals surface area contributed by atoms with Crippen LogP contribution in [0, 0.1) is 0 Å². The molecule has 0 unspecified atom stereocenters. The first kappa shape index (κ1) is 20.0. The molecule has 0 aliphatic heterocycles. The average Bonchev–Trinajstić information content (AvgIpc) is 2.70. The van der Waals surface area contributed by atoms with Crippen molar-refractivity contribution in [2.45, 2.75) is 32.5 Å². The van der Waals surface area contributed by atoms with Crippen LogP contribution in [0.4, 0.5) is 0 Å². The maximum absolute atomic E-state index is 9.47. The van der Waals surface area contributed by atoms with E-state index in [1.54, 1.807) is 6.07 Å². The van der Waals surface area contributed by atoms with Gasteiger partial charge in [-0.05, 0) is 41.0 Å². The minimum absolute atomic E-state index is 0.0619. The van der Waals surface area contributed by atoms with Gasteiger partial charge in [-0.2, -0.15) is 0 Å². The number of ether oxygens (including phenoxy) is 1. The topological polar surface area (TPSA) is 41.5 Å². The van der Waals surface area contributed by atoms with Crippen LogP contribution in [0.15, 0.2) is 54.6 Å². The average molecular weight is 404 g/mol. The Morgan fingerprint density at radius 3 is 2.59 bits per heavy atom. The van der Waals surface area contributed by atoms with Gasteiger partial charge in [0.2, 0.25) is 0 Å². The Kier molecular flexibility index (Phi) is 6.97. The first-order valence-corrected chi connectivity index (χ1v) is 9.79. The van der Waals surface area contributed by atoms with Crippen molar-refractivity contribution in [3.05, 3.63) is 75.8 Å². The molecule has 0 aromatic heterocycles. The second-order valence-electron chi connectivity index (χ2n) is 6.47. The maximum atomic E-state index is 9.47. The molecule has 5 heteroatoms. The van der Waals surface area contributed by atoms with Gasteiger partial charge in [0.05, 0.1) is 16.7 Å². The molecule has 0 radical (unpaired) electrons. The molecule has 0 saturated carbocycles. The summed E-state index contributed by atoms with van der Waals surface area (Å²) >= 11 is 12.1. The number of fused-ring (bicyclic) bond motifs is 1. The SMILES string of the molecule is CC[C@@H](CO)NCc1c(OCc2ccc(Cl)c(Cl)c2)ccc2ccccc12. The summed E-state index contributed by atoms with van der Waals surface area (Å²) in [6.45, 7) is 3.19. The van der Waals surface area contributed by atoms with Gasteiger partial charge in [-0.1, -0.05) is 66.5 Å². The van der Waals surface area contributed by atoms with Gasteiger partial charge in [-0.15, -0.1) is 0 Å². The van der Waals surface area contributed by atoms with E-state index in [-0.39, 0.29) is 12.6 Å². The summed E-state index contributed by atoms with van der Waals surface area (Å²) in [6.07, 6.45) is 0.862. The van der Waals surface area contributed by atoms with Crippen molar-refractivity contribution in [1.82, 2.24) is 5.32 Å². The Hall–Kier alpha value is -1.78. The summed E-state index contributed by atoms with van der Waals surface area (Å²) in [4.78, 5) is 0. The number of halogens is 2. The van der Waals surface area contributed by atoms with E-state index in [0.717, 1.165) is 34.1 Å². The molecule has 0 aliphatic rings. The van der Waals surface area contributed by atoms with E-state index in [2.05, 4.69) is 30.4 Å². The Labute approximate surface area is 169 Å². The highest BCUT2D eigenvalue weighted by Crippen LogP contribution is 2.30. The smallest absolute Gasteiger partial charge is 0.124 e. The summed E-state index contributed by atoms with van der Waals surface area (Å²) < 4.78 is 6.12. The van der Waals surface area contributed by atoms with Crippen LogP contribution in [0.25, 0.3) is 10.8 Å². The van der Waals surface area contributed by atoms with Gasteiger partial charge in [-0.3, -0.25) is 0 Å². The molecule has 0 amide bonds. The van der Waals surface area contributed by atoms with E-state index in [4.69, 9.17) is 27.9 Å². The van der Waals surface area contributed by atoms with Gasteiger partial charge in [0.15, 0.2) is 0 Å². The zero-order chi connectivity index (χ0) is 19.2. The minimum atomic E-state index is 0.0619. The summed E-state index contributed by atoms with van der Waals surface area (Å²) in [7, 11) is 0. The highest BCUT2D eigenvalue weighted by Gasteiger charge is 2.12. The van der Waals surface area contributed by atoms with Crippen molar-refractivity contribution in [2.75, 3.05) is 6.61 Å². The molecule has 142 valence electrons. The first-order valence-electron chi connectivity index (χ1n) is 9.04. The molecule has 3 aromatic carbocycles. The Morgan fingerprint density at radius 1 is 1.04 bits per heavy atom. The van der Waals surface area contributed by atoms with E-state index in [9.17, 15) is 5.11 Å². The largest absolute Gasteiger partial charge is 0.489 e. The number of benzene rings is 3.